The summed E-state index contributed by atoms with van der Waals surface area (Å²) in [4.78, 5) is 12.6. The fourth-order valence-corrected chi connectivity index (χ4v) is 11.2. The Kier molecular flexibility index (Phi) is 9.56. The molecule has 13 nitrogen and oxygen atoms in total. The third kappa shape index (κ3) is 5.27. The zero-order valence-electron chi connectivity index (χ0n) is 27.0. The topological polar surface area (TPSA) is 201 Å². The number of rotatable bonds is 6. The lowest BCUT2D eigenvalue weighted by Crippen LogP contribution is -2.90. The molecule has 0 radical (unpaired) electrons. The van der Waals surface area contributed by atoms with Gasteiger partial charge in [0.1, 0.15) is 23.9 Å². The van der Waals surface area contributed by atoms with E-state index >= 15 is 0 Å². The van der Waals surface area contributed by atoms with Crippen molar-refractivity contribution in [3.05, 3.63) is 48.3 Å². The molecule has 49 heavy (non-hydrogen) atoms. The second-order valence-corrected chi connectivity index (χ2v) is 16.0. The smallest absolute Gasteiger partial charge is 0.306 e. The lowest BCUT2D eigenvalue weighted by Gasteiger charge is -2.71. The summed E-state index contributed by atoms with van der Waals surface area (Å²) in [6, 6.07) is 3.52. The van der Waals surface area contributed by atoms with E-state index in [9.17, 15) is 35.4 Å². The van der Waals surface area contributed by atoms with Crippen LogP contribution in [0.25, 0.3) is 11.0 Å². The summed E-state index contributed by atoms with van der Waals surface area (Å²) >= 11 is 0. The van der Waals surface area contributed by atoms with Crippen molar-refractivity contribution in [2.75, 3.05) is 45.3 Å². The molecule has 0 amide bonds. The van der Waals surface area contributed by atoms with Gasteiger partial charge in [-0.1, -0.05) is 39.8 Å². The van der Waals surface area contributed by atoms with Crippen LogP contribution >= 0.6 is 21.6 Å². The molecule has 2 fully saturated rings. The first kappa shape index (κ1) is 35.1. The molecule has 7 N–H and O–H groups in total. The van der Waals surface area contributed by atoms with Gasteiger partial charge in [0, 0.05) is 49.1 Å². The summed E-state index contributed by atoms with van der Waals surface area (Å²) in [6.45, 7) is 1.92. The van der Waals surface area contributed by atoms with Crippen LogP contribution in [-0.4, -0.2) is 122 Å². The Morgan fingerprint density at radius 2 is 1.98 bits per heavy atom. The third-order valence-corrected chi connectivity index (χ3v) is 13.6. The summed E-state index contributed by atoms with van der Waals surface area (Å²) in [5.74, 6) is -4.61. The zero-order valence-corrected chi connectivity index (χ0v) is 28.7. The van der Waals surface area contributed by atoms with Gasteiger partial charge in [-0.3, -0.25) is 4.79 Å². The molecule has 10 atom stereocenters. The fraction of sp³-hybridized carbons (Fsp3) is 0.618. The van der Waals surface area contributed by atoms with Crippen molar-refractivity contribution in [1.29, 1.82) is 0 Å². The highest BCUT2D eigenvalue weighted by Crippen LogP contribution is 2.66. The molecule has 1 aromatic heterocycles. The Morgan fingerprint density at radius 1 is 1.14 bits per heavy atom. The SMILES string of the molecule is CCOC(=O)CCc1cc2ccoc2c2c1OC13C=CC(SSCCNCCO2)C(CO)(O1)C1(O)CC2C=CC(O)C(CO)C2C3(O)C1O. The summed E-state index contributed by atoms with van der Waals surface area (Å²) in [5, 5.41) is 74.3. The van der Waals surface area contributed by atoms with Gasteiger partial charge in [-0.25, -0.2) is 0 Å². The number of aliphatic hydroxyl groups excluding tert-OH is 4. The van der Waals surface area contributed by atoms with Crippen LogP contribution in [-0.2, 0) is 20.7 Å². The molecular weight excluding hydrogens is 679 g/mol. The molecule has 1 spiro atoms. The van der Waals surface area contributed by atoms with E-state index in [-0.39, 0.29) is 44.0 Å². The number of nitrogens with one attached hydrogen (secondary N) is 1. The van der Waals surface area contributed by atoms with Crippen molar-refractivity contribution in [3.63, 3.8) is 0 Å². The molecule has 4 heterocycles. The van der Waals surface area contributed by atoms with Gasteiger partial charge in [0.15, 0.2) is 16.9 Å². The van der Waals surface area contributed by atoms with E-state index in [1.165, 1.54) is 40.0 Å². The predicted molar refractivity (Wildman–Crippen MR) is 180 cm³/mol. The number of hydrogen-bond donors (Lipinski definition) is 7. The molecule has 1 saturated carbocycles. The first-order valence-electron chi connectivity index (χ1n) is 16.7. The quantitative estimate of drug-likeness (QED) is 0.127. The average molecular weight is 722 g/mol. The van der Waals surface area contributed by atoms with Crippen molar-refractivity contribution in [3.8, 4) is 11.5 Å². The Labute approximate surface area is 291 Å². The first-order valence-corrected chi connectivity index (χ1v) is 19.1. The van der Waals surface area contributed by atoms with Gasteiger partial charge in [0.05, 0.1) is 30.8 Å². The molecule has 1 aromatic carbocycles. The molecule has 1 saturated heterocycles. The van der Waals surface area contributed by atoms with Crippen LogP contribution in [0.5, 0.6) is 11.5 Å². The maximum Gasteiger partial charge on any atom is 0.306 e. The average Bonchev–Trinajstić information content (AvgIpc) is 3.56. The number of ether oxygens (including phenoxy) is 4. The number of benzene rings is 1. The van der Waals surface area contributed by atoms with Crippen LogP contribution in [0.2, 0.25) is 0 Å². The molecule has 2 aromatic rings. The molecule has 268 valence electrons. The van der Waals surface area contributed by atoms with Gasteiger partial charge in [0.25, 0.3) is 5.79 Å². The molecule has 2 aliphatic carbocycles. The molecular formula is C34H43NO12S2. The van der Waals surface area contributed by atoms with Gasteiger partial charge in [0.2, 0.25) is 5.75 Å². The van der Waals surface area contributed by atoms with E-state index in [1.807, 2.05) is 0 Å². The van der Waals surface area contributed by atoms with Gasteiger partial charge >= 0.3 is 5.97 Å². The highest BCUT2D eigenvalue weighted by molar-refractivity contribution is 8.77. The van der Waals surface area contributed by atoms with E-state index in [0.717, 1.165) is 0 Å². The number of aryl methyl sites for hydroxylation is 1. The number of allylic oxidation sites excluding steroid dienone is 1. The van der Waals surface area contributed by atoms with Crippen molar-refractivity contribution >= 4 is 38.5 Å². The fourth-order valence-electron chi connectivity index (χ4n) is 8.51. The van der Waals surface area contributed by atoms with Crippen LogP contribution in [0.15, 0.2) is 47.1 Å². The van der Waals surface area contributed by atoms with Crippen LogP contribution < -0.4 is 14.8 Å². The second kappa shape index (κ2) is 13.3. The van der Waals surface area contributed by atoms with E-state index in [4.69, 9.17) is 23.4 Å². The van der Waals surface area contributed by atoms with E-state index in [1.54, 1.807) is 31.2 Å². The maximum atomic E-state index is 13.2. The largest absolute Gasteiger partial charge is 0.485 e. The lowest BCUT2D eigenvalue weighted by molar-refractivity contribution is -0.450. The van der Waals surface area contributed by atoms with Crippen molar-refractivity contribution < 1.29 is 58.8 Å². The monoisotopic (exact) mass is 721 g/mol. The predicted octanol–water partition coefficient (Wildman–Crippen LogP) is 1.07. The van der Waals surface area contributed by atoms with E-state index in [2.05, 4.69) is 5.32 Å². The number of fused-ring (bicyclic) bond motifs is 11. The van der Waals surface area contributed by atoms with Gasteiger partial charge in [-0.15, -0.1) is 0 Å². The molecule has 5 bridgehead atoms. The molecule has 7 rings (SSSR count). The van der Waals surface area contributed by atoms with Crippen LogP contribution in [0.1, 0.15) is 25.3 Å². The standard InChI is InChI=1S/C34H43NO12S2/c1-2-43-25(39)6-4-19-15-20-8-12-44-27(20)29-28(19)46-33-9-7-24(49-48-14-11-35-10-13-45-29)32(18-37,47-33)31(41)16-21-3-5-23(38)22(17-36)26(21)34(33,42)30(31)40/h3,5,7-9,12,15,21-24,26,30,35-38,40-42H,2,4,6,10-11,13-14,16-18H2,1H3. The van der Waals surface area contributed by atoms with E-state index < -0.39 is 77.0 Å². The number of carbonyl (C=O) groups is 1. The highest BCUT2D eigenvalue weighted by atomic mass is 33.1. The minimum atomic E-state index is -2.51. The van der Waals surface area contributed by atoms with Gasteiger partial charge < -0.3 is 59.3 Å². The molecule has 3 aliphatic heterocycles. The van der Waals surface area contributed by atoms with Crippen molar-refractivity contribution in [2.24, 2.45) is 17.8 Å². The van der Waals surface area contributed by atoms with E-state index in [0.29, 0.717) is 35.4 Å². The van der Waals surface area contributed by atoms with Gasteiger partial charge in [-0.2, -0.15) is 0 Å². The van der Waals surface area contributed by atoms with Crippen molar-refractivity contribution in [2.45, 2.75) is 66.2 Å². The number of furan rings is 1. The van der Waals surface area contributed by atoms with Crippen LogP contribution in [0, 0.1) is 17.8 Å². The Hall–Kier alpha value is -2.31. The minimum Gasteiger partial charge on any atom is -0.485 e. The summed E-state index contributed by atoms with van der Waals surface area (Å²) < 4.78 is 31.2. The minimum absolute atomic E-state index is 0.0182. The first-order chi connectivity index (χ1) is 23.6. The normalized spacial score (nSPS) is 40.0. The van der Waals surface area contributed by atoms with Crippen LogP contribution in [0.3, 0.4) is 0 Å². The highest BCUT2D eigenvalue weighted by Gasteiger charge is 2.83. The number of esters is 1. The number of aliphatic hydroxyl groups is 6. The second-order valence-electron chi connectivity index (χ2n) is 13.3. The summed E-state index contributed by atoms with van der Waals surface area (Å²) in [5.41, 5.74) is -5.79. The Balaban J connectivity index is 1.48. The Bertz CT molecular complexity index is 1620. The summed E-state index contributed by atoms with van der Waals surface area (Å²) in [7, 11) is 2.87. The lowest BCUT2D eigenvalue weighted by atomic mass is 9.47. The molecule has 15 heteroatoms. The van der Waals surface area contributed by atoms with Crippen molar-refractivity contribution in [1.82, 2.24) is 5.32 Å². The zero-order chi connectivity index (χ0) is 34.6. The number of hydrogen-bond acceptors (Lipinski definition) is 15. The molecule has 10 unspecified atom stereocenters. The third-order valence-electron chi connectivity index (χ3n) is 10.8. The summed E-state index contributed by atoms with van der Waals surface area (Å²) in [6.07, 6.45) is 4.69. The van der Waals surface area contributed by atoms with Gasteiger partial charge in [-0.05, 0) is 49.5 Å². The molecule has 5 aliphatic rings. The Morgan fingerprint density at radius 3 is 2.76 bits per heavy atom. The number of carbonyl (C=O) groups excluding carboxylic acids is 1. The van der Waals surface area contributed by atoms with Crippen LogP contribution in [0.4, 0.5) is 0 Å². The maximum absolute atomic E-state index is 13.2.